The van der Waals surface area contributed by atoms with Crippen LogP contribution in [0, 0.1) is 13.8 Å². The highest BCUT2D eigenvalue weighted by Gasteiger charge is 2.13. The summed E-state index contributed by atoms with van der Waals surface area (Å²) in [6.45, 7) is 8.31. The third kappa shape index (κ3) is 4.71. The summed E-state index contributed by atoms with van der Waals surface area (Å²) < 4.78 is 5.30. The van der Waals surface area contributed by atoms with Crippen molar-refractivity contribution in [1.82, 2.24) is 9.97 Å². The van der Waals surface area contributed by atoms with Gasteiger partial charge in [0.25, 0.3) is 5.91 Å². The molecule has 0 bridgehead atoms. The molecule has 1 amide bonds. The molecule has 2 N–H and O–H groups in total. The van der Waals surface area contributed by atoms with E-state index >= 15 is 0 Å². The highest BCUT2D eigenvalue weighted by atomic mass is 16.5. The van der Waals surface area contributed by atoms with E-state index in [2.05, 4.69) is 59.6 Å². The molecule has 0 unspecified atom stereocenters. The molecule has 1 aromatic heterocycles. The number of nitrogens with one attached hydrogen (secondary N) is 2. The molecule has 0 saturated carbocycles. The number of hydrogen-bond acceptors (Lipinski definition) is 5. The summed E-state index contributed by atoms with van der Waals surface area (Å²) in [7, 11) is 1.57. The minimum Gasteiger partial charge on any atom is -0.495 e. The van der Waals surface area contributed by atoms with Gasteiger partial charge in [-0.2, -0.15) is 0 Å². The van der Waals surface area contributed by atoms with Crippen LogP contribution in [0.2, 0.25) is 0 Å². The number of carbonyl (C=O) groups excluding carboxylic acids is 1. The zero-order valence-corrected chi connectivity index (χ0v) is 17.4. The molecule has 0 atom stereocenters. The van der Waals surface area contributed by atoms with Gasteiger partial charge in [0.1, 0.15) is 17.3 Å². The Kier molecular flexibility index (Phi) is 6.12. The van der Waals surface area contributed by atoms with Crippen LogP contribution in [0.3, 0.4) is 0 Å². The highest BCUT2D eigenvalue weighted by molar-refractivity contribution is 6.03. The quantitative estimate of drug-likeness (QED) is 0.603. The lowest BCUT2D eigenvalue weighted by molar-refractivity contribution is 0.102. The van der Waals surface area contributed by atoms with E-state index < -0.39 is 0 Å². The topological polar surface area (TPSA) is 76.1 Å². The molecule has 6 heteroatoms. The summed E-state index contributed by atoms with van der Waals surface area (Å²) in [6.07, 6.45) is 3.03. The molecule has 3 rings (SSSR count). The number of amides is 1. The number of methoxy groups -OCH3 is 1. The first-order valence-corrected chi connectivity index (χ1v) is 9.53. The molecule has 2 aromatic carbocycles. The lowest BCUT2D eigenvalue weighted by Crippen LogP contribution is -2.15. The molecule has 1 heterocycles. The van der Waals surface area contributed by atoms with Crippen LogP contribution >= 0.6 is 0 Å². The predicted molar refractivity (Wildman–Crippen MR) is 116 cm³/mol. The molecule has 3 aromatic rings. The van der Waals surface area contributed by atoms with Crippen LogP contribution < -0.4 is 15.4 Å². The third-order valence-corrected chi connectivity index (χ3v) is 4.67. The van der Waals surface area contributed by atoms with Crippen molar-refractivity contribution >= 4 is 23.1 Å². The maximum absolute atomic E-state index is 12.6. The van der Waals surface area contributed by atoms with Crippen molar-refractivity contribution in [3.8, 4) is 5.75 Å². The van der Waals surface area contributed by atoms with E-state index in [0.717, 1.165) is 16.8 Å². The number of carbonyl (C=O) groups is 1. The van der Waals surface area contributed by atoms with Crippen LogP contribution in [0.5, 0.6) is 5.75 Å². The van der Waals surface area contributed by atoms with Crippen LogP contribution in [0.4, 0.5) is 17.2 Å². The molecule has 0 aliphatic heterocycles. The Morgan fingerprint density at radius 2 is 1.86 bits per heavy atom. The van der Waals surface area contributed by atoms with Crippen LogP contribution in [0.15, 0.2) is 48.8 Å². The smallest absolute Gasteiger partial charge is 0.275 e. The van der Waals surface area contributed by atoms with E-state index in [1.54, 1.807) is 13.3 Å². The fourth-order valence-corrected chi connectivity index (χ4v) is 3.09. The molecule has 0 aliphatic rings. The van der Waals surface area contributed by atoms with E-state index in [9.17, 15) is 4.79 Å². The number of nitrogens with zero attached hydrogens (tertiary/aromatic N) is 2. The van der Waals surface area contributed by atoms with E-state index in [4.69, 9.17) is 4.74 Å². The highest BCUT2D eigenvalue weighted by Crippen LogP contribution is 2.29. The van der Waals surface area contributed by atoms with Gasteiger partial charge in [-0.1, -0.05) is 38.1 Å². The van der Waals surface area contributed by atoms with E-state index in [0.29, 0.717) is 23.2 Å². The van der Waals surface area contributed by atoms with E-state index in [-0.39, 0.29) is 11.6 Å². The number of benzene rings is 2. The van der Waals surface area contributed by atoms with Gasteiger partial charge in [-0.25, -0.2) is 9.97 Å². The number of anilines is 3. The summed E-state index contributed by atoms with van der Waals surface area (Å²) in [5.74, 6) is 1.22. The van der Waals surface area contributed by atoms with Crippen molar-refractivity contribution in [3.05, 3.63) is 71.2 Å². The molecular formula is C23H26N4O2. The van der Waals surface area contributed by atoms with Gasteiger partial charge in [0.05, 0.1) is 25.2 Å². The van der Waals surface area contributed by atoms with Gasteiger partial charge in [0, 0.05) is 5.69 Å². The fraction of sp³-hybridized carbons (Fsp3) is 0.261. The molecule has 0 radical (unpaired) electrons. The second-order valence-corrected chi connectivity index (χ2v) is 7.26. The maximum Gasteiger partial charge on any atom is 0.275 e. The van der Waals surface area contributed by atoms with Crippen molar-refractivity contribution < 1.29 is 9.53 Å². The van der Waals surface area contributed by atoms with E-state index in [1.165, 1.54) is 11.8 Å². The van der Waals surface area contributed by atoms with Gasteiger partial charge < -0.3 is 15.4 Å². The molecule has 0 fully saturated rings. The first-order chi connectivity index (χ1) is 13.9. The summed E-state index contributed by atoms with van der Waals surface area (Å²) in [5.41, 5.74) is 5.21. The fourth-order valence-electron chi connectivity index (χ4n) is 3.09. The third-order valence-electron chi connectivity index (χ3n) is 4.67. The van der Waals surface area contributed by atoms with E-state index in [1.807, 2.05) is 25.1 Å². The lowest BCUT2D eigenvalue weighted by atomic mass is 9.98. The van der Waals surface area contributed by atoms with Gasteiger partial charge in [0.2, 0.25) is 0 Å². The largest absolute Gasteiger partial charge is 0.495 e. The van der Waals surface area contributed by atoms with Gasteiger partial charge in [0.15, 0.2) is 0 Å². The SMILES string of the molecule is COc1ccc(C)cc1NC(=O)c1cnc(Nc2c(C)cccc2C(C)C)cn1. The molecular weight excluding hydrogens is 364 g/mol. The molecule has 150 valence electrons. The van der Waals surface area contributed by atoms with Crippen LogP contribution in [-0.4, -0.2) is 23.0 Å². The van der Waals surface area contributed by atoms with Crippen LogP contribution in [0.1, 0.15) is 46.9 Å². The monoisotopic (exact) mass is 390 g/mol. The van der Waals surface area contributed by atoms with Crippen molar-refractivity contribution in [2.24, 2.45) is 0 Å². The van der Waals surface area contributed by atoms with Crippen molar-refractivity contribution in [2.45, 2.75) is 33.6 Å². The Bertz CT molecular complexity index is 1010. The Labute approximate surface area is 171 Å². The summed E-state index contributed by atoms with van der Waals surface area (Å²) in [5, 5.41) is 6.17. The summed E-state index contributed by atoms with van der Waals surface area (Å²) in [6, 6.07) is 11.8. The molecule has 29 heavy (non-hydrogen) atoms. The van der Waals surface area contributed by atoms with Crippen molar-refractivity contribution in [1.29, 1.82) is 0 Å². The average molecular weight is 390 g/mol. The predicted octanol–water partition coefficient (Wildman–Crippen LogP) is 5.22. The average Bonchev–Trinajstić information content (AvgIpc) is 2.70. The van der Waals surface area contributed by atoms with Gasteiger partial charge in [-0.3, -0.25) is 4.79 Å². The van der Waals surface area contributed by atoms with Crippen LogP contribution in [0.25, 0.3) is 0 Å². The second-order valence-electron chi connectivity index (χ2n) is 7.26. The van der Waals surface area contributed by atoms with Crippen molar-refractivity contribution in [2.75, 3.05) is 17.7 Å². The molecule has 0 saturated heterocycles. The Hall–Kier alpha value is -3.41. The Morgan fingerprint density at radius 1 is 1.07 bits per heavy atom. The number of aryl methyl sites for hydroxylation is 2. The zero-order valence-electron chi connectivity index (χ0n) is 17.4. The maximum atomic E-state index is 12.6. The Morgan fingerprint density at radius 3 is 2.52 bits per heavy atom. The lowest BCUT2D eigenvalue weighted by Gasteiger charge is -2.16. The minimum absolute atomic E-state index is 0.230. The number of aromatic nitrogens is 2. The Balaban J connectivity index is 1.78. The standard InChI is InChI=1S/C23H26N4O2/c1-14(2)17-8-6-7-16(4)22(17)27-21-13-24-19(12-25-21)23(28)26-18-11-15(3)9-10-20(18)29-5/h6-14H,1-5H3,(H,25,27)(H,26,28). The number of para-hydroxylation sites is 1. The first-order valence-electron chi connectivity index (χ1n) is 9.53. The number of rotatable bonds is 6. The first kappa shape index (κ1) is 20.3. The normalized spacial score (nSPS) is 10.7. The molecule has 0 aliphatic carbocycles. The van der Waals surface area contributed by atoms with Crippen LogP contribution in [-0.2, 0) is 0 Å². The molecule has 6 nitrogen and oxygen atoms in total. The van der Waals surface area contributed by atoms with Gasteiger partial charge in [-0.15, -0.1) is 0 Å². The number of hydrogen-bond donors (Lipinski definition) is 2. The van der Waals surface area contributed by atoms with Gasteiger partial charge in [-0.05, 0) is 48.6 Å². The summed E-state index contributed by atoms with van der Waals surface area (Å²) >= 11 is 0. The molecule has 0 spiro atoms. The zero-order chi connectivity index (χ0) is 21.0. The minimum atomic E-state index is -0.341. The summed E-state index contributed by atoms with van der Waals surface area (Å²) in [4.78, 5) is 21.2. The van der Waals surface area contributed by atoms with Crippen molar-refractivity contribution in [3.63, 3.8) is 0 Å². The number of ether oxygens (including phenoxy) is 1. The van der Waals surface area contributed by atoms with Gasteiger partial charge >= 0.3 is 0 Å². The second kappa shape index (κ2) is 8.73.